The van der Waals surface area contributed by atoms with Crippen LogP contribution in [0.15, 0.2) is 22.7 Å². The van der Waals surface area contributed by atoms with Crippen molar-refractivity contribution >= 4 is 5.69 Å². The summed E-state index contributed by atoms with van der Waals surface area (Å²) in [6.45, 7) is 6.26. The van der Waals surface area contributed by atoms with E-state index in [0.29, 0.717) is 35.3 Å². The highest BCUT2D eigenvalue weighted by Crippen LogP contribution is 2.30. The topological polar surface area (TPSA) is 83.4 Å². The summed E-state index contributed by atoms with van der Waals surface area (Å²) >= 11 is 0. The number of benzene rings is 1. The second-order valence-electron chi connectivity index (χ2n) is 4.82. The van der Waals surface area contributed by atoms with Crippen LogP contribution >= 0.6 is 0 Å². The Bertz CT molecular complexity index is 593. The van der Waals surface area contributed by atoms with Crippen LogP contribution in [0.5, 0.6) is 5.75 Å². The summed E-state index contributed by atoms with van der Waals surface area (Å²) < 4.78 is 16.1. The number of anilines is 1. The molecule has 108 valence electrons. The molecule has 0 radical (unpaired) electrons. The molecule has 6 nitrogen and oxygen atoms in total. The largest absolute Gasteiger partial charge is 0.497 e. The molecule has 0 atom stereocenters. The molecule has 0 saturated heterocycles. The predicted octanol–water partition coefficient (Wildman–Crippen LogP) is 2.60. The minimum Gasteiger partial charge on any atom is -0.497 e. The predicted molar refractivity (Wildman–Crippen MR) is 75.4 cm³/mol. The van der Waals surface area contributed by atoms with Gasteiger partial charge in [0.05, 0.1) is 12.7 Å². The van der Waals surface area contributed by atoms with Crippen LogP contribution < -0.4 is 10.5 Å². The molecule has 0 fully saturated rings. The Morgan fingerprint density at radius 1 is 1.35 bits per heavy atom. The number of nitrogens with two attached hydrogens (primary N) is 1. The molecule has 1 aromatic carbocycles. The van der Waals surface area contributed by atoms with Crippen LogP contribution in [-0.2, 0) is 10.3 Å². The zero-order valence-corrected chi connectivity index (χ0v) is 12.1. The summed E-state index contributed by atoms with van der Waals surface area (Å²) in [5.74, 6) is 1.51. The first kappa shape index (κ1) is 14.3. The quantitative estimate of drug-likeness (QED) is 0.846. The van der Waals surface area contributed by atoms with Crippen LogP contribution in [0.3, 0.4) is 0 Å². The molecule has 0 aliphatic heterocycles. The molecular formula is C14H19N3O3. The van der Waals surface area contributed by atoms with Crippen molar-refractivity contribution < 1.29 is 14.0 Å². The third-order valence-electron chi connectivity index (χ3n) is 2.96. The van der Waals surface area contributed by atoms with Crippen molar-refractivity contribution in [2.24, 2.45) is 0 Å². The van der Waals surface area contributed by atoms with Gasteiger partial charge in [-0.25, -0.2) is 0 Å². The van der Waals surface area contributed by atoms with Crippen molar-refractivity contribution in [3.05, 3.63) is 24.0 Å². The molecule has 2 N–H and O–H groups in total. The highest BCUT2D eigenvalue weighted by molar-refractivity contribution is 5.72. The summed E-state index contributed by atoms with van der Waals surface area (Å²) in [5, 5.41) is 3.97. The minimum atomic E-state index is -0.607. The summed E-state index contributed by atoms with van der Waals surface area (Å²) in [5.41, 5.74) is 6.53. The van der Waals surface area contributed by atoms with Gasteiger partial charge in [0.25, 0.3) is 5.89 Å². The lowest BCUT2D eigenvalue weighted by Crippen LogP contribution is -2.23. The van der Waals surface area contributed by atoms with Gasteiger partial charge in [0.2, 0.25) is 5.82 Å². The monoisotopic (exact) mass is 277 g/mol. The van der Waals surface area contributed by atoms with Gasteiger partial charge in [-0.2, -0.15) is 4.98 Å². The van der Waals surface area contributed by atoms with E-state index < -0.39 is 5.60 Å². The fourth-order valence-corrected chi connectivity index (χ4v) is 1.85. The molecule has 1 aromatic heterocycles. The number of rotatable bonds is 5. The van der Waals surface area contributed by atoms with Crippen LogP contribution in [0.1, 0.15) is 26.6 Å². The maximum atomic E-state index is 5.94. The van der Waals surface area contributed by atoms with Crippen LogP contribution in [0, 0.1) is 0 Å². The van der Waals surface area contributed by atoms with Crippen molar-refractivity contribution in [2.45, 2.75) is 26.4 Å². The van der Waals surface area contributed by atoms with E-state index in [1.54, 1.807) is 25.3 Å². The Kier molecular flexibility index (Phi) is 3.94. The Balaban J connectivity index is 2.38. The van der Waals surface area contributed by atoms with Gasteiger partial charge in [0.15, 0.2) is 0 Å². The number of nitrogen functional groups attached to an aromatic ring is 1. The van der Waals surface area contributed by atoms with E-state index in [1.807, 2.05) is 20.8 Å². The highest BCUT2D eigenvalue weighted by Gasteiger charge is 2.27. The molecule has 6 heteroatoms. The van der Waals surface area contributed by atoms with Crippen molar-refractivity contribution in [2.75, 3.05) is 19.5 Å². The number of hydrogen-bond acceptors (Lipinski definition) is 6. The van der Waals surface area contributed by atoms with Gasteiger partial charge in [-0.3, -0.25) is 0 Å². The fourth-order valence-electron chi connectivity index (χ4n) is 1.85. The van der Waals surface area contributed by atoms with Gasteiger partial charge in [-0.15, -0.1) is 0 Å². The first-order chi connectivity index (χ1) is 9.47. The van der Waals surface area contributed by atoms with Gasteiger partial charge in [0, 0.05) is 12.3 Å². The molecular weight excluding hydrogens is 258 g/mol. The molecule has 0 bridgehead atoms. The fraction of sp³-hybridized carbons (Fsp3) is 0.429. The SMILES string of the molecule is CCOC(C)(C)c1noc(-c2cc(OC)ccc2N)n1. The molecule has 2 aromatic rings. The molecule has 0 unspecified atom stereocenters. The second kappa shape index (κ2) is 5.50. The van der Waals surface area contributed by atoms with E-state index >= 15 is 0 Å². The van der Waals surface area contributed by atoms with E-state index in [4.69, 9.17) is 19.7 Å². The van der Waals surface area contributed by atoms with Gasteiger partial charge < -0.3 is 19.7 Å². The number of methoxy groups -OCH3 is 1. The molecule has 0 aliphatic rings. The smallest absolute Gasteiger partial charge is 0.260 e. The zero-order chi connectivity index (χ0) is 14.8. The van der Waals surface area contributed by atoms with Crippen LogP contribution in [0.2, 0.25) is 0 Å². The Morgan fingerprint density at radius 2 is 2.10 bits per heavy atom. The summed E-state index contributed by atoms with van der Waals surface area (Å²) in [4.78, 5) is 4.37. The van der Waals surface area contributed by atoms with E-state index in [2.05, 4.69) is 10.1 Å². The van der Waals surface area contributed by atoms with Crippen LogP contribution in [-0.4, -0.2) is 23.9 Å². The molecule has 0 saturated carbocycles. The normalized spacial score (nSPS) is 11.6. The standard InChI is InChI=1S/C14H19N3O3/c1-5-19-14(2,3)13-16-12(20-17-13)10-8-9(18-4)6-7-11(10)15/h6-8H,5,15H2,1-4H3. The first-order valence-corrected chi connectivity index (χ1v) is 6.40. The maximum absolute atomic E-state index is 5.94. The molecule has 20 heavy (non-hydrogen) atoms. The molecule has 2 rings (SSSR count). The second-order valence-corrected chi connectivity index (χ2v) is 4.82. The van der Waals surface area contributed by atoms with Crippen molar-refractivity contribution in [3.63, 3.8) is 0 Å². The Labute approximate surface area is 117 Å². The van der Waals surface area contributed by atoms with E-state index in [9.17, 15) is 0 Å². The number of nitrogens with zero attached hydrogens (tertiary/aromatic N) is 2. The third kappa shape index (κ3) is 2.75. The zero-order valence-electron chi connectivity index (χ0n) is 12.1. The number of hydrogen-bond donors (Lipinski definition) is 1. The van der Waals surface area contributed by atoms with Crippen LogP contribution in [0.25, 0.3) is 11.5 Å². The van der Waals surface area contributed by atoms with E-state index in [-0.39, 0.29) is 0 Å². The van der Waals surface area contributed by atoms with Gasteiger partial charge in [-0.05, 0) is 39.0 Å². The molecule has 0 amide bonds. The van der Waals surface area contributed by atoms with Crippen LogP contribution in [0.4, 0.5) is 5.69 Å². The van der Waals surface area contributed by atoms with Gasteiger partial charge in [-0.1, -0.05) is 5.16 Å². The van der Waals surface area contributed by atoms with Crippen molar-refractivity contribution in [1.29, 1.82) is 0 Å². The maximum Gasteiger partial charge on any atom is 0.260 e. The minimum absolute atomic E-state index is 0.351. The molecule has 0 spiro atoms. The average molecular weight is 277 g/mol. The lowest BCUT2D eigenvalue weighted by atomic mass is 10.1. The Morgan fingerprint density at radius 3 is 2.75 bits per heavy atom. The van der Waals surface area contributed by atoms with Gasteiger partial charge in [0.1, 0.15) is 11.4 Å². The summed E-state index contributed by atoms with van der Waals surface area (Å²) in [6, 6.07) is 5.28. The summed E-state index contributed by atoms with van der Waals surface area (Å²) in [6.07, 6.45) is 0. The summed E-state index contributed by atoms with van der Waals surface area (Å²) in [7, 11) is 1.59. The molecule has 0 aliphatic carbocycles. The number of ether oxygens (including phenoxy) is 2. The first-order valence-electron chi connectivity index (χ1n) is 6.40. The van der Waals surface area contributed by atoms with E-state index in [0.717, 1.165) is 0 Å². The lowest BCUT2D eigenvalue weighted by Gasteiger charge is -2.19. The Hall–Kier alpha value is -2.08. The average Bonchev–Trinajstić information content (AvgIpc) is 2.89. The number of aromatic nitrogens is 2. The highest BCUT2D eigenvalue weighted by atomic mass is 16.5. The van der Waals surface area contributed by atoms with Crippen molar-refractivity contribution in [3.8, 4) is 17.2 Å². The van der Waals surface area contributed by atoms with Gasteiger partial charge >= 0.3 is 0 Å². The molecule has 1 heterocycles. The lowest BCUT2D eigenvalue weighted by molar-refractivity contribution is -0.0221. The third-order valence-corrected chi connectivity index (χ3v) is 2.96. The van der Waals surface area contributed by atoms with E-state index in [1.165, 1.54) is 0 Å². The van der Waals surface area contributed by atoms with Crippen molar-refractivity contribution in [1.82, 2.24) is 10.1 Å².